The minimum absolute atomic E-state index is 0. The lowest BCUT2D eigenvalue weighted by molar-refractivity contribution is -0.698. The Bertz CT molecular complexity index is 1180. The molecule has 2 aliphatic heterocycles. The fourth-order valence-electron chi connectivity index (χ4n) is 3.94. The third kappa shape index (κ3) is 7.64. The quantitative estimate of drug-likeness (QED) is 0.0944. The highest BCUT2D eigenvalue weighted by Gasteiger charge is 2.57. The summed E-state index contributed by atoms with van der Waals surface area (Å²) in [5.41, 5.74) is 10.3. The number of nitrogens with two attached hydrogens (primary N) is 2. The smallest absolute Gasteiger partial charge is 0.312 e. The number of carbonyl (C=O) groups is 3. The number of thiazole rings is 1. The molecule has 2 fully saturated rings. The van der Waals surface area contributed by atoms with E-state index >= 15 is 0 Å². The average molecular weight is 643 g/mol. The number of aryl methyl sites for hydroxylation is 1. The molecule has 4 rings (SSSR count). The number of oxime groups is 1. The molecule has 0 radical (unpaired) electrons. The van der Waals surface area contributed by atoms with Crippen molar-refractivity contribution in [2.24, 2.45) is 16.3 Å². The van der Waals surface area contributed by atoms with Gasteiger partial charge in [-0.15, -0.1) is 47.9 Å². The molecule has 2 aromatic heterocycles. The molecular weight excluding hydrogens is 613 g/mol. The van der Waals surface area contributed by atoms with Crippen molar-refractivity contribution in [3.05, 3.63) is 41.7 Å². The maximum absolute atomic E-state index is 13.1. The number of rotatable bonds is 10. The molecule has 12 nitrogen and oxygen atoms in total. The van der Waals surface area contributed by atoms with Gasteiger partial charge in [-0.25, -0.2) is 9.55 Å². The summed E-state index contributed by atoms with van der Waals surface area (Å²) in [6.07, 6.45) is 3.69. The van der Waals surface area contributed by atoms with Crippen LogP contribution in [0, 0.1) is 5.41 Å². The first kappa shape index (κ1) is 34.7. The van der Waals surface area contributed by atoms with Crippen molar-refractivity contribution >= 4 is 76.5 Å². The first-order chi connectivity index (χ1) is 17.2. The number of nitrogens with one attached hydrogen (secondary N) is 1. The molecule has 6 N–H and O–H groups in total. The highest BCUT2D eigenvalue weighted by atomic mass is 35.5. The second kappa shape index (κ2) is 14.9. The monoisotopic (exact) mass is 641 g/mol. The van der Waals surface area contributed by atoms with Crippen molar-refractivity contribution in [3.63, 3.8) is 0 Å². The molecule has 39 heavy (non-hydrogen) atoms. The highest BCUT2D eigenvalue weighted by molar-refractivity contribution is 8.00. The number of β-lactam (4-membered cyclic amide) rings is 1. The summed E-state index contributed by atoms with van der Waals surface area (Å²) in [4.78, 5) is 49.2. The fraction of sp³-hybridized carbons (Fsp3) is 0.455. The van der Waals surface area contributed by atoms with Crippen molar-refractivity contribution in [1.82, 2.24) is 15.2 Å². The Morgan fingerprint density at radius 2 is 2.05 bits per heavy atom. The summed E-state index contributed by atoms with van der Waals surface area (Å²) in [5, 5.41) is 18.1. The second-order valence-electron chi connectivity index (χ2n) is 8.73. The summed E-state index contributed by atoms with van der Waals surface area (Å²) in [6, 6.07) is 4.84. The van der Waals surface area contributed by atoms with E-state index in [2.05, 4.69) is 15.5 Å². The van der Waals surface area contributed by atoms with E-state index in [1.807, 2.05) is 35.2 Å². The number of thioether (sulfide) groups is 1. The van der Waals surface area contributed by atoms with Gasteiger partial charge in [0.25, 0.3) is 5.91 Å². The zero-order chi connectivity index (χ0) is 25.9. The molecule has 2 saturated heterocycles. The molecule has 216 valence electrons. The molecule has 3 unspecified atom stereocenters. The van der Waals surface area contributed by atoms with Crippen molar-refractivity contribution in [1.29, 1.82) is 0 Å². The number of carbonyl (C=O) groups excluding carboxylic acids is 2. The number of nitrogen functional groups attached to an aromatic ring is 1. The molecule has 0 saturated carbocycles. The minimum Gasteiger partial charge on any atom is -1.00 e. The second-order valence-corrected chi connectivity index (χ2v) is 10.7. The van der Waals surface area contributed by atoms with Crippen molar-refractivity contribution in [2.75, 3.05) is 24.6 Å². The number of aromatic nitrogens is 2. The molecule has 0 bridgehead atoms. The van der Waals surface area contributed by atoms with E-state index in [9.17, 15) is 19.5 Å². The molecule has 0 aliphatic carbocycles. The van der Waals surface area contributed by atoms with E-state index in [0.29, 0.717) is 18.7 Å². The van der Waals surface area contributed by atoms with Crippen molar-refractivity contribution in [3.8, 4) is 0 Å². The number of carboxylic acids is 1. The SMILES string of the molecule is CC(CN)ON=C(C(=O)NC1C(=O)N2CC(CC[n+]3ccccc3)(C(=O)O)CS[C@H]12)c1csc(N)n1.Cl.Cl.[Cl-]. The topological polar surface area (TPSA) is 177 Å². The lowest BCUT2D eigenvalue weighted by Gasteiger charge is -2.53. The van der Waals surface area contributed by atoms with Crippen LogP contribution in [0.4, 0.5) is 5.13 Å². The fourth-order valence-corrected chi connectivity index (χ4v) is 6.07. The van der Waals surface area contributed by atoms with Gasteiger partial charge in [0.15, 0.2) is 23.2 Å². The maximum Gasteiger partial charge on any atom is 0.312 e. The first-order valence-electron chi connectivity index (χ1n) is 11.3. The van der Waals surface area contributed by atoms with Crippen LogP contribution in [0.25, 0.3) is 0 Å². The summed E-state index contributed by atoms with van der Waals surface area (Å²) in [5.74, 6) is -1.60. The number of halogens is 3. The molecule has 0 spiro atoms. The normalized spacial score (nSPS) is 22.6. The lowest BCUT2D eigenvalue weighted by atomic mass is 9.83. The third-order valence-electron chi connectivity index (χ3n) is 6.15. The number of anilines is 1. The van der Waals surface area contributed by atoms with E-state index in [0.717, 1.165) is 11.3 Å². The number of hydrogen-bond donors (Lipinski definition) is 4. The lowest BCUT2D eigenvalue weighted by Crippen LogP contribution is -3.00. The molecular formula is C22H30Cl3N7O5S2. The number of aliphatic carboxylic acids is 1. The number of amides is 2. The van der Waals surface area contributed by atoms with E-state index in [-0.39, 0.29) is 78.1 Å². The van der Waals surface area contributed by atoms with Crippen LogP contribution >= 0.6 is 47.9 Å². The van der Waals surface area contributed by atoms with Gasteiger partial charge in [0, 0.05) is 42.8 Å². The standard InChI is InChI=1S/C22H27N7O5S2.3ClH/c1-13(9-23)34-27-15(14-10-35-21(24)25-14)17(30)26-16-18(31)29-11-22(20(32)33,12-36-19(16)29)5-8-28-6-3-2-4-7-28;;;/h2-4,6-7,10,13,16,19H,5,8-9,11-12,23H2,1H3,(H3-,24,25,26,30,32,33);3*1H/t13?,16?,19-,22?;;;/m1.../s1. The number of fused-ring (bicyclic) bond motifs is 1. The van der Waals surface area contributed by atoms with Crippen LogP contribution in [0.15, 0.2) is 41.1 Å². The number of pyridine rings is 1. The summed E-state index contributed by atoms with van der Waals surface area (Å²) in [7, 11) is 0. The van der Waals surface area contributed by atoms with E-state index in [1.54, 1.807) is 12.3 Å². The predicted octanol–water partition coefficient (Wildman–Crippen LogP) is -2.51. The van der Waals surface area contributed by atoms with Gasteiger partial charge in [-0.3, -0.25) is 14.4 Å². The molecule has 4 atom stereocenters. The maximum atomic E-state index is 13.1. The molecule has 0 aromatic carbocycles. The summed E-state index contributed by atoms with van der Waals surface area (Å²) in [6.45, 7) is 2.49. The van der Waals surface area contributed by atoms with Gasteiger partial charge in [0.2, 0.25) is 5.91 Å². The van der Waals surface area contributed by atoms with Gasteiger partial charge in [-0.05, 0) is 6.92 Å². The predicted molar refractivity (Wildman–Crippen MR) is 148 cm³/mol. The van der Waals surface area contributed by atoms with Crippen LogP contribution < -0.4 is 33.8 Å². The van der Waals surface area contributed by atoms with E-state index in [1.165, 1.54) is 16.7 Å². The van der Waals surface area contributed by atoms with Crippen LogP contribution in [-0.4, -0.2) is 74.8 Å². The van der Waals surface area contributed by atoms with Crippen LogP contribution in [0.5, 0.6) is 0 Å². The van der Waals surface area contributed by atoms with Gasteiger partial charge < -0.3 is 44.0 Å². The van der Waals surface area contributed by atoms with E-state index < -0.39 is 29.4 Å². The van der Waals surface area contributed by atoms with Gasteiger partial charge in [0.1, 0.15) is 35.2 Å². The highest BCUT2D eigenvalue weighted by Crippen LogP contribution is 2.43. The zero-order valence-electron chi connectivity index (χ0n) is 20.8. The Morgan fingerprint density at radius 3 is 2.64 bits per heavy atom. The molecule has 2 amide bonds. The van der Waals surface area contributed by atoms with Gasteiger partial charge >= 0.3 is 5.97 Å². The number of nitrogens with zero attached hydrogens (tertiary/aromatic N) is 4. The molecule has 2 aliphatic rings. The Morgan fingerprint density at radius 1 is 1.36 bits per heavy atom. The zero-order valence-corrected chi connectivity index (χ0v) is 24.8. The Hall–Kier alpha value is -2.36. The van der Waals surface area contributed by atoms with Gasteiger partial charge in [-0.1, -0.05) is 11.2 Å². The van der Waals surface area contributed by atoms with Gasteiger partial charge in [-0.2, -0.15) is 0 Å². The summed E-state index contributed by atoms with van der Waals surface area (Å²) >= 11 is 2.49. The van der Waals surface area contributed by atoms with Crippen molar-refractivity contribution in [2.45, 2.75) is 37.4 Å². The first-order valence-corrected chi connectivity index (χ1v) is 13.2. The van der Waals surface area contributed by atoms with Crippen LogP contribution in [0.1, 0.15) is 19.0 Å². The van der Waals surface area contributed by atoms with Crippen molar-refractivity contribution < 1.29 is 41.3 Å². The largest absolute Gasteiger partial charge is 1.00 e. The third-order valence-corrected chi connectivity index (χ3v) is 8.41. The molecule has 17 heteroatoms. The molecule has 4 heterocycles. The number of hydrogen-bond acceptors (Lipinski definition) is 10. The van der Waals surface area contributed by atoms with Crippen LogP contribution in [-0.2, 0) is 25.8 Å². The average Bonchev–Trinajstić information content (AvgIpc) is 3.31. The molecule has 2 aromatic rings. The van der Waals surface area contributed by atoms with E-state index in [4.69, 9.17) is 16.3 Å². The summed E-state index contributed by atoms with van der Waals surface area (Å²) < 4.78 is 1.92. The Labute approximate surface area is 252 Å². The Balaban J connectivity index is 0.00000253. The van der Waals surface area contributed by atoms with Crippen LogP contribution in [0.3, 0.4) is 0 Å². The number of carboxylic acid groups (broad SMARTS) is 1. The van der Waals surface area contributed by atoms with Gasteiger partial charge in [0.05, 0.1) is 0 Å². The Kier molecular flexibility index (Phi) is 13.2. The van der Waals surface area contributed by atoms with Crippen LogP contribution in [0.2, 0.25) is 0 Å². The minimum atomic E-state index is -1.08.